The average molecular weight is 504 g/mol. The van der Waals surface area contributed by atoms with E-state index < -0.39 is 17.7 Å². The number of ether oxygens (including phenoxy) is 2. The minimum atomic E-state index is -1.12. The zero-order valence-corrected chi connectivity index (χ0v) is 22.4. The van der Waals surface area contributed by atoms with Crippen LogP contribution in [0.25, 0.3) is 0 Å². The van der Waals surface area contributed by atoms with Gasteiger partial charge in [-0.1, -0.05) is 39.0 Å². The van der Waals surface area contributed by atoms with E-state index in [1.807, 2.05) is 17.0 Å². The number of carbonyl (C=O) groups is 1. The first-order valence-electron chi connectivity index (χ1n) is 13.5. The lowest BCUT2D eigenvalue weighted by Gasteiger charge is -2.44. The Morgan fingerprint density at radius 2 is 1.97 bits per heavy atom. The molecule has 202 valence electrons. The lowest BCUT2D eigenvalue weighted by atomic mass is 9.73. The standard InChI is InChI=1S/C28H45N3O5/c1-27(2,3)24-15-19-9-7-11-21(25(19)36-24)28(34,12-5-6-14-35-4)20-10-8-13-30(16-20)26(33)31-17-22(29)23(32)18-31/h7,9,11,20,22-24,32,34H,5-6,8,10,12-18,29H2,1-4H3/t20-,22-,23+,24?,28+/m1/s1. The molecule has 1 aromatic carbocycles. The number of hydrogen-bond acceptors (Lipinski definition) is 6. The number of rotatable bonds is 7. The molecule has 2 fully saturated rings. The van der Waals surface area contributed by atoms with E-state index >= 15 is 0 Å². The zero-order chi connectivity index (χ0) is 26.1. The summed E-state index contributed by atoms with van der Waals surface area (Å²) in [6.45, 7) is 8.94. The van der Waals surface area contributed by atoms with Gasteiger partial charge in [-0.2, -0.15) is 0 Å². The summed E-state index contributed by atoms with van der Waals surface area (Å²) in [6, 6.07) is 5.63. The van der Waals surface area contributed by atoms with Gasteiger partial charge in [-0.05, 0) is 43.1 Å². The number of β-amino-alcohol motifs (C(OH)–C–C–N with tert-alkyl or cyclic N) is 1. The SMILES string of the molecule is COCCCC[C@@](O)(c1cccc2c1OC(C(C)(C)C)C2)[C@@H]1CCCN(C(=O)N2C[C@@H](N)[C@@H](O)C2)C1. The van der Waals surface area contributed by atoms with Crippen LogP contribution in [0.2, 0.25) is 0 Å². The molecule has 0 radical (unpaired) electrons. The van der Waals surface area contributed by atoms with Gasteiger partial charge in [-0.3, -0.25) is 0 Å². The Morgan fingerprint density at radius 3 is 2.64 bits per heavy atom. The molecule has 0 bridgehead atoms. The van der Waals surface area contributed by atoms with Crippen molar-refractivity contribution in [1.82, 2.24) is 9.80 Å². The Bertz CT molecular complexity index is 909. The van der Waals surface area contributed by atoms with Gasteiger partial charge in [0.15, 0.2) is 0 Å². The van der Waals surface area contributed by atoms with E-state index in [2.05, 4.69) is 26.8 Å². The quantitative estimate of drug-likeness (QED) is 0.494. The Morgan fingerprint density at radius 1 is 1.19 bits per heavy atom. The number of benzene rings is 1. The number of nitrogens with zero attached hydrogens (tertiary/aromatic N) is 2. The normalized spacial score (nSPS) is 28.1. The highest BCUT2D eigenvalue weighted by molar-refractivity contribution is 5.75. The van der Waals surface area contributed by atoms with Gasteiger partial charge in [0.05, 0.1) is 11.7 Å². The van der Waals surface area contributed by atoms with Gasteiger partial charge in [0, 0.05) is 63.8 Å². The minimum absolute atomic E-state index is 0.0118. The topological polar surface area (TPSA) is 108 Å². The number of unbranched alkanes of at least 4 members (excludes halogenated alkanes) is 1. The van der Waals surface area contributed by atoms with Crippen LogP contribution in [0.15, 0.2) is 18.2 Å². The van der Waals surface area contributed by atoms with E-state index in [-0.39, 0.29) is 30.0 Å². The fourth-order valence-electron chi connectivity index (χ4n) is 6.00. The maximum atomic E-state index is 13.3. The number of carbonyl (C=O) groups excluding carboxylic acids is 1. The second-order valence-electron chi connectivity index (χ2n) is 12.0. The lowest BCUT2D eigenvalue weighted by molar-refractivity contribution is -0.0599. The number of hydrogen-bond donors (Lipinski definition) is 3. The molecule has 36 heavy (non-hydrogen) atoms. The van der Waals surface area contributed by atoms with Gasteiger partial charge in [0.1, 0.15) is 11.9 Å². The summed E-state index contributed by atoms with van der Waals surface area (Å²) in [6.07, 6.45) is 4.11. The summed E-state index contributed by atoms with van der Waals surface area (Å²) in [5.74, 6) is 0.700. The van der Waals surface area contributed by atoms with Crippen LogP contribution in [0.1, 0.15) is 64.0 Å². The molecule has 1 aromatic rings. The summed E-state index contributed by atoms with van der Waals surface area (Å²) in [5.41, 5.74) is 6.82. The smallest absolute Gasteiger partial charge is 0.320 e. The third kappa shape index (κ3) is 5.52. The van der Waals surface area contributed by atoms with Crippen LogP contribution in [-0.4, -0.2) is 84.2 Å². The molecule has 3 aliphatic rings. The van der Waals surface area contributed by atoms with Gasteiger partial charge in [-0.15, -0.1) is 0 Å². The molecule has 5 atom stereocenters. The molecular formula is C28H45N3O5. The van der Waals surface area contributed by atoms with Crippen LogP contribution < -0.4 is 10.5 Å². The summed E-state index contributed by atoms with van der Waals surface area (Å²) in [4.78, 5) is 16.8. The highest BCUT2D eigenvalue weighted by Crippen LogP contribution is 2.48. The zero-order valence-electron chi connectivity index (χ0n) is 22.4. The largest absolute Gasteiger partial charge is 0.489 e. The number of piperidine rings is 1. The van der Waals surface area contributed by atoms with Crippen molar-refractivity contribution in [3.05, 3.63) is 29.3 Å². The third-order valence-electron chi connectivity index (χ3n) is 8.32. The molecule has 0 spiro atoms. The lowest BCUT2D eigenvalue weighted by Crippen LogP contribution is -2.52. The predicted octanol–water partition coefficient (Wildman–Crippen LogP) is 2.88. The maximum Gasteiger partial charge on any atom is 0.320 e. The number of para-hydroxylation sites is 1. The molecule has 0 saturated carbocycles. The Kier molecular flexibility index (Phi) is 8.19. The van der Waals surface area contributed by atoms with Gasteiger partial charge >= 0.3 is 6.03 Å². The number of amides is 2. The van der Waals surface area contributed by atoms with Gasteiger partial charge in [0.2, 0.25) is 0 Å². The van der Waals surface area contributed by atoms with Crippen molar-refractivity contribution in [2.75, 3.05) is 39.9 Å². The number of aliphatic hydroxyl groups is 2. The number of methoxy groups -OCH3 is 1. The molecule has 4 rings (SSSR count). The Labute approximate surface area is 215 Å². The van der Waals surface area contributed by atoms with Crippen LogP contribution >= 0.6 is 0 Å². The molecule has 2 saturated heterocycles. The van der Waals surface area contributed by atoms with Crippen LogP contribution in [0.3, 0.4) is 0 Å². The number of aliphatic hydroxyl groups excluding tert-OH is 1. The fourth-order valence-corrected chi connectivity index (χ4v) is 6.00. The number of nitrogens with two attached hydrogens (primary N) is 1. The predicted molar refractivity (Wildman–Crippen MR) is 139 cm³/mol. The molecule has 0 aliphatic carbocycles. The van der Waals surface area contributed by atoms with Crippen LogP contribution in [0.5, 0.6) is 5.75 Å². The summed E-state index contributed by atoms with van der Waals surface area (Å²) >= 11 is 0. The second-order valence-corrected chi connectivity index (χ2v) is 12.0. The molecule has 2 amide bonds. The van der Waals surface area contributed by atoms with E-state index in [1.165, 1.54) is 0 Å². The van der Waals surface area contributed by atoms with E-state index in [1.54, 1.807) is 12.0 Å². The van der Waals surface area contributed by atoms with Crippen molar-refractivity contribution in [1.29, 1.82) is 0 Å². The van der Waals surface area contributed by atoms with Crippen LogP contribution in [0, 0.1) is 11.3 Å². The van der Waals surface area contributed by atoms with Gasteiger partial charge in [-0.25, -0.2) is 4.79 Å². The number of urea groups is 1. The monoisotopic (exact) mass is 503 g/mol. The number of likely N-dealkylation sites (tertiary alicyclic amines) is 2. The first-order chi connectivity index (χ1) is 17.0. The summed E-state index contributed by atoms with van der Waals surface area (Å²) < 4.78 is 11.8. The first kappa shape index (κ1) is 27.2. The van der Waals surface area contributed by atoms with E-state index in [0.717, 1.165) is 49.0 Å². The molecule has 3 heterocycles. The van der Waals surface area contributed by atoms with Crippen molar-refractivity contribution in [2.45, 2.75) is 83.1 Å². The van der Waals surface area contributed by atoms with E-state index in [0.29, 0.717) is 32.7 Å². The van der Waals surface area contributed by atoms with Crippen molar-refractivity contribution in [3.8, 4) is 5.75 Å². The van der Waals surface area contributed by atoms with Gasteiger partial charge in [0.25, 0.3) is 0 Å². The van der Waals surface area contributed by atoms with Crippen LogP contribution in [-0.2, 0) is 16.8 Å². The number of fused-ring (bicyclic) bond motifs is 1. The van der Waals surface area contributed by atoms with Gasteiger partial charge < -0.3 is 35.2 Å². The van der Waals surface area contributed by atoms with Crippen molar-refractivity contribution in [3.63, 3.8) is 0 Å². The van der Waals surface area contributed by atoms with Crippen LogP contribution in [0.4, 0.5) is 4.79 Å². The Hall–Kier alpha value is -1.87. The fraction of sp³-hybridized carbons (Fsp3) is 0.750. The molecule has 1 unspecified atom stereocenters. The minimum Gasteiger partial charge on any atom is -0.489 e. The van der Waals surface area contributed by atoms with Crippen molar-refractivity contribution >= 4 is 6.03 Å². The third-order valence-corrected chi connectivity index (χ3v) is 8.32. The molecule has 8 heteroatoms. The maximum absolute atomic E-state index is 13.3. The van der Waals surface area contributed by atoms with E-state index in [9.17, 15) is 15.0 Å². The molecule has 8 nitrogen and oxygen atoms in total. The van der Waals surface area contributed by atoms with Crippen molar-refractivity contribution < 1.29 is 24.5 Å². The van der Waals surface area contributed by atoms with Crippen molar-refractivity contribution in [2.24, 2.45) is 17.1 Å². The summed E-state index contributed by atoms with van der Waals surface area (Å²) in [7, 11) is 1.70. The van der Waals surface area contributed by atoms with E-state index in [4.69, 9.17) is 15.2 Å². The highest BCUT2D eigenvalue weighted by Gasteiger charge is 2.46. The molecule has 0 aromatic heterocycles. The molecule has 4 N–H and O–H groups in total. The average Bonchev–Trinajstić information content (AvgIpc) is 3.44. The highest BCUT2D eigenvalue weighted by atomic mass is 16.5. The first-order valence-corrected chi connectivity index (χ1v) is 13.5. The molecule has 3 aliphatic heterocycles. The second kappa shape index (κ2) is 10.9. The molecular weight excluding hydrogens is 458 g/mol. The summed E-state index contributed by atoms with van der Waals surface area (Å²) in [5, 5.41) is 22.5. The Balaban J connectivity index is 1.60.